The second kappa shape index (κ2) is 9.79. The molecule has 0 fully saturated rings. The van der Waals surface area contributed by atoms with Gasteiger partial charge in [-0.25, -0.2) is 0 Å². The molecule has 0 spiro atoms. The van der Waals surface area contributed by atoms with Gasteiger partial charge in [0.05, 0.1) is 6.61 Å². The van der Waals surface area contributed by atoms with E-state index in [1.807, 2.05) is 55.5 Å². The molecule has 0 saturated heterocycles. The lowest BCUT2D eigenvalue weighted by Crippen LogP contribution is -2.36. The Morgan fingerprint density at radius 2 is 1.68 bits per heavy atom. The van der Waals surface area contributed by atoms with Crippen LogP contribution in [-0.2, 0) is 11.2 Å². The first kappa shape index (κ1) is 19.7. The molecule has 1 unspecified atom stereocenters. The van der Waals surface area contributed by atoms with Gasteiger partial charge in [-0.3, -0.25) is 4.79 Å². The lowest BCUT2D eigenvalue weighted by molar-refractivity contribution is -0.127. The zero-order valence-electron chi connectivity index (χ0n) is 16.5. The van der Waals surface area contributed by atoms with Gasteiger partial charge in [0.15, 0.2) is 6.10 Å². The van der Waals surface area contributed by atoms with E-state index in [0.29, 0.717) is 18.9 Å². The molecule has 4 nitrogen and oxygen atoms in total. The van der Waals surface area contributed by atoms with Gasteiger partial charge in [-0.1, -0.05) is 42.5 Å². The number of hydrogen-bond donors (Lipinski definition) is 1. The molecule has 3 aromatic rings. The second-order valence-corrected chi connectivity index (χ2v) is 6.74. The van der Waals surface area contributed by atoms with Gasteiger partial charge in [-0.2, -0.15) is 0 Å². The van der Waals surface area contributed by atoms with Gasteiger partial charge in [0.2, 0.25) is 0 Å². The molecule has 1 atom stereocenters. The van der Waals surface area contributed by atoms with Crippen molar-refractivity contribution in [1.29, 1.82) is 0 Å². The van der Waals surface area contributed by atoms with Crippen LogP contribution in [0.5, 0.6) is 11.5 Å². The predicted octanol–water partition coefficient (Wildman–Crippen LogP) is 4.75. The number of aryl methyl sites for hydroxylation is 1. The summed E-state index contributed by atoms with van der Waals surface area (Å²) in [5.41, 5.74) is 1.23. The van der Waals surface area contributed by atoms with Gasteiger partial charge in [-0.15, -0.1) is 0 Å². The third-order valence-corrected chi connectivity index (χ3v) is 4.58. The summed E-state index contributed by atoms with van der Waals surface area (Å²) in [5.74, 6) is 1.50. The maximum absolute atomic E-state index is 12.3. The Labute approximate surface area is 166 Å². The van der Waals surface area contributed by atoms with Gasteiger partial charge >= 0.3 is 0 Å². The Balaban J connectivity index is 1.42. The highest BCUT2D eigenvalue weighted by Gasteiger charge is 2.14. The van der Waals surface area contributed by atoms with Gasteiger partial charge in [0, 0.05) is 6.54 Å². The molecule has 0 aromatic heterocycles. The summed E-state index contributed by atoms with van der Waals surface area (Å²) >= 11 is 0. The van der Waals surface area contributed by atoms with Crippen molar-refractivity contribution in [2.75, 3.05) is 13.2 Å². The Hall–Kier alpha value is -3.01. The number of hydrogen-bond acceptors (Lipinski definition) is 3. The summed E-state index contributed by atoms with van der Waals surface area (Å²) in [5, 5.41) is 5.21. The maximum Gasteiger partial charge on any atom is 0.260 e. The Morgan fingerprint density at radius 1 is 0.964 bits per heavy atom. The van der Waals surface area contributed by atoms with Crippen LogP contribution in [0.3, 0.4) is 0 Å². The number of carbonyl (C=O) groups excluding carboxylic acids is 1. The lowest BCUT2D eigenvalue weighted by Gasteiger charge is -2.15. The van der Waals surface area contributed by atoms with Crippen LogP contribution in [0.1, 0.15) is 25.8 Å². The topological polar surface area (TPSA) is 47.6 Å². The summed E-state index contributed by atoms with van der Waals surface area (Å²) in [4.78, 5) is 12.3. The van der Waals surface area contributed by atoms with Crippen LogP contribution in [0.4, 0.5) is 0 Å². The number of amides is 1. The van der Waals surface area contributed by atoms with Crippen LogP contribution >= 0.6 is 0 Å². The normalized spacial score (nSPS) is 11.8. The molecule has 0 bridgehead atoms. The first-order valence-electron chi connectivity index (χ1n) is 9.80. The van der Waals surface area contributed by atoms with E-state index < -0.39 is 6.10 Å². The van der Waals surface area contributed by atoms with Crippen molar-refractivity contribution in [1.82, 2.24) is 5.32 Å². The van der Waals surface area contributed by atoms with E-state index in [1.54, 1.807) is 6.92 Å². The third kappa shape index (κ3) is 5.49. The largest absolute Gasteiger partial charge is 0.494 e. The van der Waals surface area contributed by atoms with Crippen molar-refractivity contribution in [2.45, 2.75) is 32.8 Å². The molecule has 0 aliphatic carbocycles. The minimum atomic E-state index is -0.536. The summed E-state index contributed by atoms with van der Waals surface area (Å²) in [6, 6.07) is 22.1. The number of ether oxygens (including phenoxy) is 2. The Bertz CT molecular complexity index is 905. The van der Waals surface area contributed by atoms with Crippen molar-refractivity contribution in [3.05, 3.63) is 72.3 Å². The van der Waals surface area contributed by atoms with Crippen LogP contribution in [0.25, 0.3) is 10.8 Å². The molecule has 28 heavy (non-hydrogen) atoms. The highest BCUT2D eigenvalue weighted by Crippen LogP contribution is 2.21. The monoisotopic (exact) mass is 377 g/mol. The minimum Gasteiger partial charge on any atom is -0.494 e. The molecule has 0 heterocycles. The Kier molecular flexibility index (Phi) is 6.90. The molecule has 1 amide bonds. The fourth-order valence-corrected chi connectivity index (χ4v) is 3.07. The molecule has 0 aliphatic rings. The molecule has 3 aromatic carbocycles. The average Bonchev–Trinajstić information content (AvgIpc) is 2.72. The van der Waals surface area contributed by atoms with E-state index in [2.05, 4.69) is 23.5 Å². The van der Waals surface area contributed by atoms with Crippen LogP contribution in [-0.4, -0.2) is 25.2 Å². The van der Waals surface area contributed by atoms with Crippen molar-refractivity contribution in [3.8, 4) is 11.5 Å². The molecule has 146 valence electrons. The maximum atomic E-state index is 12.3. The minimum absolute atomic E-state index is 0.0974. The highest BCUT2D eigenvalue weighted by molar-refractivity contribution is 5.84. The smallest absolute Gasteiger partial charge is 0.260 e. The zero-order valence-corrected chi connectivity index (χ0v) is 16.5. The number of nitrogens with one attached hydrogen (secondary N) is 1. The van der Waals surface area contributed by atoms with Crippen LogP contribution < -0.4 is 14.8 Å². The molecular formula is C24H27NO3. The van der Waals surface area contributed by atoms with E-state index in [1.165, 1.54) is 5.56 Å². The molecule has 3 rings (SSSR count). The predicted molar refractivity (Wildman–Crippen MR) is 113 cm³/mol. The number of benzene rings is 3. The van der Waals surface area contributed by atoms with Crippen molar-refractivity contribution < 1.29 is 14.3 Å². The third-order valence-electron chi connectivity index (χ3n) is 4.58. The second-order valence-electron chi connectivity index (χ2n) is 6.74. The molecule has 0 radical (unpaired) electrons. The number of fused-ring (bicyclic) bond motifs is 1. The number of rotatable bonds is 9. The molecule has 0 aliphatic heterocycles. The van der Waals surface area contributed by atoms with Crippen molar-refractivity contribution >= 4 is 16.7 Å². The summed E-state index contributed by atoms with van der Waals surface area (Å²) in [6.45, 7) is 5.04. The van der Waals surface area contributed by atoms with E-state index >= 15 is 0 Å². The van der Waals surface area contributed by atoms with Gasteiger partial charge < -0.3 is 14.8 Å². The fraction of sp³-hybridized carbons (Fsp3) is 0.292. The van der Waals surface area contributed by atoms with Crippen molar-refractivity contribution in [3.63, 3.8) is 0 Å². The quantitative estimate of drug-likeness (QED) is 0.547. The summed E-state index contributed by atoms with van der Waals surface area (Å²) in [6.07, 6.45) is 1.25. The summed E-state index contributed by atoms with van der Waals surface area (Å²) in [7, 11) is 0. The van der Waals surface area contributed by atoms with E-state index in [9.17, 15) is 4.79 Å². The van der Waals surface area contributed by atoms with Gasteiger partial charge in [-0.05, 0) is 67.3 Å². The van der Waals surface area contributed by atoms with E-state index in [4.69, 9.17) is 9.47 Å². The van der Waals surface area contributed by atoms with Crippen LogP contribution in [0.2, 0.25) is 0 Å². The molecule has 4 heteroatoms. The van der Waals surface area contributed by atoms with E-state index in [-0.39, 0.29) is 5.91 Å². The standard InChI is InChI=1S/C24H27NO3/c1-3-27-22-13-10-19(11-14-22)7-6-16-25-24(26)18(2)28-23-15-12-20-8-4-5-9-21(20)17-23/h4-5,8-15,17-18H,3,6-7,16H2,1-2H3,(H,25,26). The number of carbonyl (C=O) groups is 1. The fourth-order valence-electron chi connectivity index (χ4n) is 3.07. The lowest BCUT2D eigenvalue weighted by atomic mass is 10.1. The first-order valence-corrected chi connectivity index (χ1v) is 9.80. The average molecular weight is 377 g/mol. The highest BCUT2D eigenvalue weighted by atomic mass is 16.5. The van der Waals surface area contributed by atoms with Crippen molar-refractivity contribution in [2.24, 2.45) is 0 Å². The van der Waals surface area contributed by atoms with Crippen LogP contribution in [0, 0.1) is 0 Å². The zero-order chi connectivity index (χ0) is 19.8. The summed E-state index contributed by atoms with van der Waals surface area (Å²) < 4.78 is 11.3. The SMILES string of the molecule is CCOc1ccc(CCCNC(=O)C(C)Oc2ccc3ccccc3c2)cc1. The van der Waals surface area contributed by atoms with E-state index in [0.717, 1.165) is 29.4 Å². The van der Waals surface area contributed by atoms with Gasteiger partial charge in [0.25, 0.3) is 5.91 Å². The van der Waals surface area contributed by atoms with Gasteiger partial charge in [0.1, 0.15) is 11.5 Å². The Morgan fingerprint density at radius 3 is 2.43 bits per heavy atom. The first-order chi connectivity index (χ1) is 13.7. The molecular weight excluding hydrogens is 350 g/mol. The molecule has 1 N–H and O–H groups in total. The molecule has 0 saturated carbocycles. The van der Waals surface area contributed by atoms with Crippen LogP contribution in [0.15, 0.2) is 66.7 Å².